The molecule has 2 rings (SSSR count). The lowest BCUT2D eigenvalue weighted by molar-refractivity contribution is 0.251. The lowest BCUT2D eigenvalue weighted by Crippen LogP contribution is -2.33. The summed E-state index contributed by atoms with van der Waals surface area (Å²) in [6.07, 6.45) is 1.48. The van der Waals surface area contributed by atoms with Gasteiger partial charge in [-0.2, -0.15) is 0 Å². The minimum atomic E-state index is -0.302. The number of para-hydroxylation sites is 1. The zero-order chi connectivity index (χ0) is 14.4. The Morgan fingerprint density at radius 2 is 2.05 bits per heavy atom. The number of anilines is 1. The molecule has 0 aliphatic carbocycles. The van der Waals surface area contributed by atoms with Gasteiger partial charge in [-0.25, -0.2) is 9.78 Å². The van der Waals surface area contributed by atoms with Gasteiger partial charge in [-0.15, -0.1) is 0 Å². The van der Waals surface area contributed by atoms with Crippen LogP contribution in [0.4, 0.5) is 10.5 Å². The van der Waals surface area contributed by atoms with Gasteiger partial charge in [-0.05, 0) is 19.1 Å². The van der Waals surface area contributed by atoms with Crippen molar-refractivity contribution in [3.05, 3.63) is 58.8 Å². The average Bonchev–Trinajstić information content (AvgIpc) is 2.42. The van der Waals surface area contributed by atoms with Crippen LogP contribution in [0.15, 0.2) is 47.5 Å². The number of benzene rings is 1. The van der Waals surface area contributed by atoms with Crippen molar-refractivity contribution in [2.45, 2.75) is 13.5 Å². The van der Waals surface area contributed by atoms with Crippen LogP contribution in [0.1, 0.15) is 5.69 Å². The largest absolute Gasteiger partial charge is 0.336 e. The number of aromatic nitrogens is 2. The van der Waals surface area contributed by atoms with E-state index in [2.05, 4.69) is 15.6 Å². The number of carbonyl (C=O) groups excluding carboxylic acids is 1. The van der Waals surface area contributed by atoms with Crippen molar-refractivity contribution in [1.29, 1.82) is 0 Å². The summed E-state index contributed by atoms with van der Waals surface area (Å²) in [7, 11) is 0. The zero-order valence-electron chi connectivity index (χ0n) is 11.2. The van der Waals surface area contributed by atoms with Gasteiger partial charge in [-0.3, -0.25) is 9.36 Å². The molecule has 1 heterocycles. The Hall–Kier alpha value is -2.63. The summed E-state index contributed by atoms with van der Waals surface area (Å²) in [5.41, 5.74) is 1.28. The van der Waals surface area contributed by atoms with Crippen LogP contribution in [0.3, 0.4) is 0 Å². The fraction of sp³-hybridized carbons (Fsp3) is 0.214. The Bertz CT molecular complexity index is 637. The third-order valence-electron chi connectivity index (χ3n) is 2.69. The van der Waals surface area contributed by atoms with Crippen LogP contribution >= 0.6 is 0 Å². The van der Waals surface area contributed by atoms with E-state index in [1.54, 1.807) is 19.1 Å². The zero-order valence-corrected chi connectivity index (χ0v) is 11.2. The summed E-state index contributed by atoms with van der Waals surface area (Å²) in [6, 6.07) is 10.3. The molecule has 2 amide bonds. The number of carbonyl (C=O) groups is 1. The monoisotopic (exact) mass is 272 g/mol. The Labute approximate surface area is 116 Å². The van der Waals surface area contributed by atoms with Gasteiger partial charge in [-0.1, -0.05) is 18.2 Å². The molecule has 1 aromatic heterocycles. The Morgan fingerprint density at radius 3 is 2.75 bits per heavy atom. The highest BCUT2D eigenvalue weighted by Crippen LogP contribution is 2.03. The van der Waals surface area contributed by atoms with Crippen LogP contribution in [0.25, 0.3) is 0 Å². The molecule has 6 heteroatoms. The van der Waals surface area contributed by atoms with Crippen LogP contribution in [-0.2, 0) is 6.54 Å². The molecule has 0 aliphatic rings. The Kier molecular flexibility index (Phi) is 4.49. The maximum Gasteiger partial charge on any atom is 0.319 e. The predicted octanol–water partition coefficient (Wildman–Crippen LogP) is 1.37. The number of nitrogens with zero attached hydrogens (tertiary/aromatic N) is 2. The normalized spacial score (nSPS) is 10.1. The van der Waals surface area contributed by atoms with E-state index in [1.807, 2.05) is 18.2 Å². The lowest BCUT2D eigenvalue weighted by Gasteiger charge is -2.08. The van der Waals surface area contributed by atoms with E-state index >= 15 is 0 Å². The molecule has 20 heavy (non-hydrogen) atoms. The Balaban J connectivity index is 1.81. The molecule has 0 bridgehead atoms. The van der Waals surface area contributed by atoms with E-state index in [4.69, 9.17) is 0 Å². The van der Waals surface area contributed by atoms with Crippen molar-refractivity contribution in [3.8, 4) is 0 Å². The Morgan fingerprint density at radius 1 is 1.30 bits per heavy atom. The van der Waals surface area contributed by atoms with Gasteiger partial charge in [0.2, 0.25) is 0 Å². The summed E-state index contributed by atoms with van der Waals surface area (Å²) in [4.78, 5) is 27.3. The van der Waals surface area contributed by atoms with Gasteiger partial charge in [0, 0.05) is 30.5 Å². The van der Waals surface area contributed by atoms with Crippen molar-refractivity contribution in [1.82, 2.24) is 14.9 Å². The maximum absolute atomic E-state index is 11.6. The first-order valence-electron chi connectivity index (χ1n) is 6.28. The molecule has 0 saturated heterocycles. The van der Waals surface area contributed by atoms with Crippen molar-refractivity contribution >= 4 is 11.7 Å². The minimum Gasteiger partial charge on any atom is -0.336 e. The van der Waals surface area contributed by atoms with Crippen molar-refractivity contribution < 1.29 is 4.79 Å². The van der Waals surface area contributed by atoms with Crippen LogP contribution in [-0.4, -0.2) is 22.1 Å². The molecule has 1 aromatic carbocycles. The number of hydrogen-bond donors (Lipinski definition) is 2. The molecular weight excluding hydrogens is 256 g/mol. The van der Waals surface area contributed by atoms with Crippen molar-refractivity contribution in [2.75, 3.05) is 11.9 Å². The fourth-order valence-electron chi connectivity index (χ4n) is 1.67. The van der Waals surface area contributed by atoms with E-state index in [0.717, 1.165) is 5.69 Å². The summed E-state index contributed by atoms with van der Waals surface area (Å²) in [6.45, 7) is 2.49. The number of nitrogens with one attached hydrogen (secondary N) is 2. The van der Waals surface area contributed by atoms with Gasteiger partial charge >= 0.3 is 6.03 Å². The lowest BCUT2D eigenvalue weighted by atomic mass is 10.3. The first kappa shape index (κ1) is 13.8. The molecule has 2 aromatic rings. The maximum atomic E-state index is 11.6. The second-order valence-electron chi connectivity index (χ2n) is 4.31. The highest BCUT2D eigenvalue weighted by Gasteiger charge is 2.01. The molecule has 0 radical (unpaired) electrons. The van der Waals surface area contributed by atoms with E-state index in [-0.39, 0.29) is 11.6 Å². The topological polar surface area (TPSA) is 76.0 Å². The number of urea groups is 1. The van der Waals surface area contributed by atoms with Gasteiger partial charge < -0.3 is 10.6 Å². The first-order valence-corrected chi connectivity index (χ1v) is 6.28. The van der Waals surface area contributed by atoms with Gasteiger partial charge in [0.1, 0.15) is 0 Å². The van der Waals surface area contributed by atoms with E-state index in [1.165, 1.54) is 17.0 Å². The minimum absolute atomic E-state index is 0.122. The SMILES string of the molecule is Cc1cc(=O)n(CCNC(=O)Nc2ccccc2)cn1. The van der Waals surface area contributed by atoms with Crippen molar-refractivity contribution in [3.63, 3.8) is 0 Å². The third kappa shape index (κ3) is 3.94. The van der Waals surface area contributed by atoms with Gasteiger partial charge in [0.15, 0.2) is 0 Å². The smallest absolute Gasteiger partial charge is 0.319 e. The number of aryl methyl sites for hydroxylation is 1. The molecule has 0 atom stereocenters. The molecule has 0 unspecified atom stereocenters. The van der Waals surface area contributed by atoms with Crippen LogP contribution in [0.2, 0.25) is 0 Å². The summed E-state index contributed by atoms with van der Waals surface area (Å²) < 4.78 is 1.45. The molecule has 104 valence electrons. The number of amides is 2. The summed E-state index contributed by atoms with van der Waals surface area (Å²) in [5.74, 6) is 0. The number of hydrogen-bond acceptors (Lipinski definition) is 3. The molecule has 0 saturated carbocycles. The third-order valence-corrected chi connectivity index (χ3v) is 2.69. The van der Waals surface area contributed by atoms with Crippen LogP contribution in [0.5, 0.6) is 0 Å². The highest BCUT2D eigenvalue weighted by molar-refractivity contribution is 5.89. The number of rotatable bonds is 4. The van der Waals surface area contributed by atoms with E-state index < -0.39 is 0 Å². The van der Waals surface area contributed by atoms with Gasteiger partial charge in [0.25, 0.3) is 5.56 Å². The highest BCUT2D eigenvalue weighted by atomic mass is 16.2. The average molecular weight is 272 g/mol. The van der Waals surface area contributed by atoms with Gasteiger partial charge in [0.05, 0.1) is 6.33 Å². The molecule has 6 nitrogen and oxygen atoms in total. The standard InChI is InChI=1S/C14H16N4O2/c1-11-9-13(19)18(10-16-11)8-7-15-14(20)17-12-5-3-2-4-6-12/h2-6,9-10H,7-8H2,1H3,(H2,15,17,20). The first-order chi connectivity index (χ1) is 9.65. The van der Waals surface area contributed by atoms with E-state index in [9.17, 15) is 9.59 Å². The van der Waals surface area contributed by atoms with Crippen LogP contribution < -0.4 is 16.2 Å². The van der Waals surface area contributed by atoms with E-state index in [0.29, 0.717) is 18.8 Å². The van der Waals surface area contributed by atoms with Crippen LogP contribution in [0, 0.1) is 6.92 Å². The molecule has 0 spiro atoms. The second kappa shape index (κ2) is 6.51. The quantitative estimate of drug-likeness (QED) is 0.882. The van der Waals surface area contributed by atoms with Crippen molar-refractivity contribution in [2.24, 2.45) is 0 Å². The summed E-state index contributed by atoms with van der Waals surface area (Å²) in [5, 5.41) is 5.38. The second-order valence-corrected chi connectivity index (χ2v) is 4.31. The fourth-order valence-corrected chi connectivity index (χ4v) is 1.67. The molecular formula is C14H16N4O2. The molecule has 0 aliphatic heterocycles. The molecule has 2 N–H and O–H groups in total. The molecule has 0 fully saturated rings. The summed E-state index contributed by atoms with van der Waals surface area (Å²) >= 11 is 0. The predicted molar refractivity (Wildman–Crippen MR) is 76.7 cm³/mol.